The molecule has 0 aromatic heterocycles. The first-order valence-corrected chi connectivity index (χ1v) is 7.86. The van der Waals surface area contributed by atoms with Crippen LogP contribution in [0.3, 0.4) is 0 Å². The molecule has 0 aliphatic rings. The zero-order valence-electron chi connectivity index (χ0n) is 13.6. The molecule has 0 heterocycles. The number of urea groups is 1. The van der Waals surface area contributed by atoms with Gasteiger partial charge in [-0.25, -0.2) is 14.0 Å². The molecule has 0 aliphatic heterocycles. The van der Waals surface area contributed by atoms with Crippen molar-refractivity contribution in [3.8, 4) is 0 Å². The monoisotopic (exact) mass is 340 g/mol. The maximum Gasteiger partial charge on any atom is 0.366 e. The summed E-state index contributed by atoms with van der Waals surface area (Å²) in [5, 5.41) is 5.26. The van der Waals surface area contributed by atoms with Crippen molar-refractivity contribution in [1.29, 1.82) is 0 Å². The third-order valence-electron chi connectivity index (χ3n) is 3.06. The second kappa shape index (κ2) is 11.2. The van der Waals surface area contributed by atoms with E-state index in [0.29, 0.717) is 25.1 Å². The van der Waals surface area contributed by atoms with Crippen molar-refractivity contribution >= 4 is 17.7 Å². The Kier molecular flexibility index (Phi) is 9.11. The van der Waals surface area contributed by atoms with Gasteiger partial charge >= 0.3 is 12.0 Å². The van der Waals surface area contributed by atoms with Gasteiger partial charge in [0.2, 0.25) is 5.83 Å². The van der Waals surface area contributed by atoms with Gasteiger partial charge in [-0.2, -0.15) is 4.39 Å². The third-order valence-corrected chi connectivity index (χ3v) is 3.06. The first kappa shape index (κ1) is 19.6. The lowest BCUT2D eigenvalue weighted by molar-refractivity contribution is -0.140. The van der Waals surface area contributed by atoms with E-state index in [1.54, 1.807) is 6.92 Å². The number of carbonyl (C=O) groups excluding carboxylic acids is 2. The number of halogens is 2. The fourth-order valence-corrected chi connectivity index (χ4v) is 1.87. The van der Waals surface area contributed by atoms with E-state index < -0.39 is 11.8 Å². The van der Waals surface area contributed by atoms with Crippen LogP contribution in [0.5, 0.6) is 0 Å². The second-order valence-corrected chi connectivity index (χ2v) is 5.01. The minimum atomic E-state index is -0.934. The SMILES string of the molecule is CCOC(=O)/C(F)=C/CCCCCNC(=O)Nc1ccc(F)cc1. The van der Waals surface area contributed by atoms with Gasteiger partial charge in [-0.15, -0.1) is 0 Å². The van der Waals surface area contributed by atoms with Crippen molar-refractivity contribution in [2.45, 2.75) is 32.6 Å². The molecule has 5 nitrogen and oxygen atoms in total. The van der Waals surface area contributed by atoms with Crippen LogP contribution in [-0.2, 0) is 9.53 Å². The first-order valence-electron chi connectivity index (χ1n) is 7.86. The molecule has 2 N–H and O–H groups in total. The zero-order valence-corrected chi connectivity index (χ0v) is 13.6. The number of allylic oxidation sites excluding steroid dienone is 1. The highest BCUT2D eigenvalue weighted by Gasteiger charge is 2.07. The summed E-state index contributed by atoms with van der Waals surface area (Å²) < 4.78 is 30.4. The Morgan fingerprint density at radius 2 is 1.88 bits per heavy atom. The fourth-order valence-electron chi connectivity index (χ4n) is 1.87. The molecule has 0 aliphatic carbocycles. The Bertz CT molecular complexity index is 559. The predicted molar refractivity (Wildman–Crippen MR) is 87.7 cm³/mol. The number of nitrogens with one attached hydrogen (secondary N) is 2. The Hall–Kier alpha value is -2.44. The minimum absolute atomic E-state index is 0.145. The lowest BCUT2D eigenvalue weighted by atomic mass is 10.2. The molecule has 0 radical (unpaired) electrons. The highest BCUT2D eigenvalue weighted by Crippen LogP contribution is 2.08. The van der Waals surface area contributed by atoms with Crippen molar-refractivity contribution < 1.29 is 23.1 Å². The van der Waals surface area contributed by atoms with E-state index >= 15 is 0 Å². The van der Waals surface area contributed by atoms with Crippen LogP contribution in [0, 0.1) is 5.82 Å². The quantitative estimate of drug-likeness (QED) is 0.407. The first-order chi connectivity index (χ1) is 11.5. The van der Waals surface area contributed by atoms with Gasteiger partial charge < -0.3 is 15.4 Å². The molecule has 7 heteroatoms. The number of hydrogen-bond acceptors (Lipinski definition) is 3. The highest BCUT2D eigenvalue weighted by atomic mass is 19.1. The van der Waals surface area contributed by atoms with Crippen LogP contribution in [0.15, 0.2) is 36.2 Å². The summed E-state index contributed by atoms with van der Waals surface area (Å²) in [6.45, 7) is 2.23. The average molecular weight is 340 g/mol. The van der Waals surface area contributed by atoms with Crippen molar-refractivity contribution in [2.75, 3.05) is 18.5 Å². The number of carbonyl (C=O) groups is 2. The van der Waals surface area contributed by atoms with E-state index in [1.165, 1.54) is 30.3 Å². The van der Waals surface area contributed by atoms with Crippen LogP contribution >= 0.6 is 0 Å². The van der Waals surface area contributed by atoms with Gasteiger partial charge in [0, 0.05) is 12.2 Å². The number of rotatable bonds is 9. The van der Waals surface area contributed by atoms with Gasteiger partial charge in [0.05, 0.1) is 6.61 Å². The number of esters is 1. The summed E-state index contributed by atoms with van der Waals surface area (Å²) in [7, 11) is 0. The van der Waals surface area contributed by atoms with Gasteiger partial charge in [0.25, 0.3) is 0 Å². The maximum atomic E-state index is 13.2. The van der Waals surface area contributed by atoms with Gasteiger partial charge in [-0.3, -0.25) is 0 Å². The molecule has 1 aromatic rings. The molecule has 24 heavy (non-hydrogen) atoms. The normalized spacial score (nSPS) is 11.0. The van der Waals surface area contributed by atoms with Gasteiger partial charge in [-0.05, 0) is 56.5 Å². The molecule has 0 atom stereocenters. The van der Waals surface area contributed by atoms with Crippen LogP contribution in [0.25, 0.3) is 0 Å². The largest absolute Gasteiger partial charge is 0.461 e. The molecule has 0 saturated carbocycles. The van der Waals surface area contributed by atoms with Crippen molar-refractivity contribution in [2.24, 2.45) is 0 Å². The van der Waals surface area contributed by atoms with Crippen LogP contribution < -0.4 is 10.6 Å². The molecule has 0 bridgehead atoms. The lowest BCUT2D eigenvalue weighted by Crippen LogP contribution is -2.29. The Morgan fingerprint density at radius 1 is 1.17 bits per heavy atom. The average Bonchev–Trinajstić information content (AvgIpc) is 2.56. The number of ether oxygens (including phenoxy) is 1. The van der Waals surface area contributed by atoms with Crippen molar-refractivity contribution in [3.63, 3.8) is 0 Å². The van der Waals surface area contributed by atoms with Gasteiger partial charge in [0.1, 0.15) is 5.82 Å². The molecular formula is C17H22F2N2O3. The minimum Gasteiger partial charge on any atom is -0.461 e. The standard InChI is InChI=1S/C17H22F2N2O3/c1-2-24-16(22)15(19)7-5-3-4-6-12-20-17(23)21-14-10-8-13(18)9-11-14/h7-11H,2-6,12H2,1H3,(H2,20,21,23)/b15-7-. The van der Waals surface area contributed by atoms with Crippen LogP contribution in [-0.4, -0.2) is 25.2 Å². The smallest absolute Gasteiger partial charge is 0.366 e. The summed E-state index contributed by atoms with van der Waals surface area (Å²) >= 11 is 0. The molecule has 0 spiro atoms. The molecular weight excluding hydrogens is 318 g/mol. The van der Waals surface area contributed by atoms with Crippen LogP contribution in [0.1, 0.15) is 32.6 Å². The number of amides is 2. The molecule has 0 fully saturated rings. The Balaban J connectivity index is 2.09. The fraction of sp³-hybridized carbons (Fsp3) is 0.412. The number of benzene rings is 1. The summed E-state index contributed by atoms with van der Waals surface area (Å²) in [6, 6.07) is 5.10. The van der Waals surface area contributed by atoms with Crippen LogP contribution in [0.2, 0.25) is 0 Å². The predicted octanol–water partition coefficient (Wildman–Crippen LogP) is 3.92. The van der Waals surface area contributed by atoms with Gasteiger partial charge in [0.15, 0.2) is 0 Å². The van der Waals surface area contributed by atoms with E-state index in [9.17, 15) is 18.4 Å². The third kappa shape index (κ3) is 8.26. The van der Waals surface area contributed by atoms with E-state index in [4.69, 9.17) is 0 Å². The molecule has 0 unspecified atom stereocenters. The summed E-state index contributed by atoms with van der Waals surface area (Å²) in [5.74, 6) is -2.17. The van der Waals surface area contributed by atoms with E-state index in [1.807, 2.05) is 0 Å². The molecule has 132 valence electrons. The van der Waals surface area contributed by atoms with Crippen molar-refractivity contribution in [3.05, 3.63) is 42.0 Å². The summed E-state index contributed by atoms with van der Waals surface area (Å²) in [4.78, 5) is 22.6. The second-order valence-electron chi connectivity index (χ2n) is 5.01. The van der Waals surface area contributed by atoms with E-state index in [2.05, 4.69) is 15.4 Å². The molecule has 1 aromatic carbocycles. The Morgan fingerprint density at radius 3 is 2.54 bits per heavy atom. The van der Waals surface area contributed by atoms with Gasteiger partial charge in [-0.1, -0.05) is 6.42 Å². The summed E-state index contributed by atoms with van der Waals surface area (Å²) in [5.41, 5.74) is 0.508. The van der Waals surface area contributed by atoms with Crippen molar-refractivity contribution in [1.82, 2.24) is 5.32 Å². The number of anilines is 1. The molecule has 1 rings (SSSR count). The van der Waals surface area contributed by atoms with Crippen LogP contribution in [0.4, 0.5) is 19.3 Å². The maximum absolute atomic E-state index is 13.2. The van der Waals surface area contributed by atoms with E-state index in [-0.39, 0.29) is 18.5 Å². The summed E-state index contributed by atoms with van der Waals surface area (Å²) in [6.07, 6.45) is 3.86. The van der Waals surface area contributed by atoms with E-state index in [0.717, 1.165) is 12.8 Å². The molecule has 2 amide bonds. The number of unbranched alkanes of at least 4 members (excludes halogenated alkanes) is 3. The molecule has 0 saturated heterocycles. The topological polar surface area (TPSA) is 67.4 Å². The zero-order chi connectivity index (χ0) is 17.8. The lowest BCUT2D eigenvalue weighted by Gasteiger charge is -2.07. The number of hydrogen-bond donors (Lipinski definition) is 2. The highest BCUT2D eigenvalue weighted by molar-refractivity contribution is 5.89. The Labute approximate surface area is 140 Å².